The van der Waals surface area contributed by atoms with Crippen LogP contribution < -0.4 is 5.73 Å². The second kappa shape index (κ2) is 5.01. The van der Waals surface area contributed by atoms with E-state index in [2.05, 4.69) is 5.16 Å². The van der Waals surface area contributed by atoms with Gasteiger partial charge in [-0.3, -0.25) is 0 Å². The molecule has 21 heavy (non-hydrogen) atoms. The molecule has 0 saturated carbocycles. The van der Waals surface area contributed by atoms with Gasteiger partial charge in [-0.15, -0.1) is 0 Å². The zero-order valence-corrected chi connectivity index (χ0v) is 11.2. The molecule has 0 saturated heterocycles. The highest BCUT2D eigenvalue weighted by atomic mass is 19.1. The Morgan fingerprint density at radius 2 is 1.71 bits per heavy atom. The van der Waals surface area contributed by atoms with Crippen molar-refractivity contribution >= 4 is 5.88 Å². The molecular formula is C16H12F2N2O. The topological polar surface area (TPSA) is 52.0 Å². The highest BCUT2D eigenvalue weighted by Gasteiger charge is 2.23. The maximum Gasteiger partial charge on any atom is 0.230 e. The Bertz CT molecular complexity index is 798. The van der Waals surface area contributed by atoms with E-state index in [0.717, 1.165) is 0 Å². The van der Waals surface area contributed by atoms with Crippen molar-refractivity contribution in [1.82, 2.24) is 5.16 Å². The van der Waals surface area contributed by atoms with Gasteiger partial charge in [0.2, 0.25) is 5.88 Å². The molecule has 1 heterocycles. The minimum atomic E-state index is -0.705. The number of nitrogens with zero attached hydrogens (tertiary/aromatic N) is 1. The van der Waals surface area contributed by atoms with E-state index < -0.39 is 11.6 Å². The molecule has 3 aromatic rings. The van der Waals surface area contributed by atoms with Gasteiger partial charge < -0.3 is 10.3 Å². The number of benzene rings is 2. The summed E-state index contributed by atoms with van der Waals surface area (Å²) in [4.78, 5) is 0. The van der Waals surface area contributed by atoms with Crippen LogP contribution in [0.2, 0.25) is 0 Å². The molecule has 0 unspecified atom stereocenters. The molecule has 2 N–H and O–H groups in total. The Hall–Kier alpha value is -2.69. The molecule has 0 atom stereocenters. The van der Waals surface area contributed by atoms with E-state index in [1.54, 1.807) is 31.2 Å². The molecule has 0 aliphatic rings. The van der Waals surface area contributed by atoms with E-state index in [9.17, 15) is 8.78 Å². The fourth-order valence-electron chi connectivity index (χ4n) is 2.23. The molecule has 0 radical (unpaired) electrons. The summed E-state index contributed by atoms with van der Waals surface area (Å²) >= 11 is 0. The first-order valence-corrected chi connectivity index (χ1v) is 6.35. The first-order valence-electron chi connectivity index (χ1n) is 6.35. The van der Waals surface area contributed by atoms with Crippen molar-refractivity contribution < 1.29 is 13.3 Å². The van der Waals surface area contributed by atoms with E-state index >= 15 is 0 Å². The van der Waals surface area contributed by atoms with Crippen molar-refractivity contribution in [3.8, 4) is 22.4 Å². The van der Waals surface area contributed by atoms with Crippen LogP contribution in [-0.4, -0.2) is 5.16 Å². The molecule has 2 aromatic carbocycles. The molecule has 3 nitrogen and oxygen atoms in total. The van der Waals surface area contributed by atoms with E-state index in [0.29, 0.717) is 16.7 Å². The van der Waals surface area contributed by atoms with E-state index in [1.165, 1.54) is 12.1 Å². The van der Waals surface area contributed by atoms with Crippen LogP contribution in [0.15, 0.2) is 47.0 Å². The quantitative estimate of drug-likeness (QED) is 0.769. The first-order chi connectivity index (χ1) is 10.1. The predicted octanol–water partition coefficient (Wildman–Crippen LogP) is 4.18. The maximum atomic E-state index is 14.3. The molecule has 0 aliphatic heterocycles. The lowest BCUT2D eigenvalue weighted by Crippen LogP contribution is -1.95. The molecule has 0 aliphatic carbocycles. The second-order valence-corrected chi connectivity index (χ2v) is 4.69. The lowest BCUT2D eigenvalue weighted by molar-refractivity contribution is 0.438. The number of aryl methyl sites for hydroxylation is 1. The lowest BCUT2D eigenvalue weighted by Gasteiger charge is -2.07. The minimum Gasteiger partial charge on any atom is -0.367 e. The number of halogens is 2. The van der Waals surface area contributed by atoms with Crippen LogP contribution >= 0.6 is 0 Å². The molecule has 1 aromatic heterocycles. The van der Waals surface area contributed by atoms with Gasteiger partial charge in [0, 0.05) is 0 Å². The number of aromatic nitrogens is 1. The number of nitrogens with two attached hydrogens (primary N) is 1. The number of hydrogen-bond acceptors (Lipinski definition) is 3. The fraction of sp³-hybridized carbons (Fsp3) is 0.0625. The van der Waals surface area contributed by atoms with Crippen LogP contribution in [0.4, 0.5) is 14.7 Å². The summed E-state index contributed by atoms with van der Waals surface area (Å²) < 4.78 is 33.3. The number of hydrogen-bond donors (Lipinski definition) is 1. The average molecular weight is 286 g/mol. The van der Waals surface area contributed by atoms with Gasteiger partial charge in [-0.1, -0.05) is 41.6 Å². The zero-order chi connectivity index (χ0) is 15.0. The number of rotatable bonds is 2. The minimum absolute atomic E-state index is 0.0245. The Balaban J connectivity index is 2.30. The summed E-state index contributed by atoms with van der Waals surface area (Å²) in [7, 11) is 0. The van der Waals surface area contributed by atoms with Crippen LogP contribution in [-0.2, 0) is 0 Å². The van der Waals surface area contributed by atoms with Gasteiger partial charge in [-0.2, -0.15) is 0 Å². The summed E-state index contributed by atoms with van der Waals surface area (Å²) in [5.74, 6) is -1.35. The van der Waals surface area contributed by atoms with Crippen LogP contribution in [0, 0.1) is 18.6 Å². The van der Waals surface area contributed by atoms with Crippen molar-refractivity contribution in [2.75, 3.05) is 5.73 Å². The Kier molecular flexibility index (Phi) is 3.17. The molecule has 3 rings (SSSR count). The summed E-state index contributed by atoms with van der Waals surface area (Å²) in [6.07, 6.45) is 0. The third-order valence-corrected chi connectivity index (χ3v) is 3.30. The van der Waals surface area contributed by atoms with Gasteiger partial charge >= 0.3 is 0 Å². The fourth-order valence-corrected chi connectivity index (χ4v) is 2.23. The van der Waals surface area contributed by atoms with Crippen LogP contribution in [0.25, 0.3) is 22.4 Å². The maximum absolute atomic E-state index is 14.3. The summed E-state index contributed by atoms with van der Waals surface area (Å²) in [5, 5.41) is 3.75. The molecule has 5 heteroatoms. The zero-order valence-electron chi connectivity index (χ0n) is 11.2. The summed E-state index contributed by atoms with van der Waals surface area (Å²) in [6, 6.07) is 11.6. The summed E-state index contributed by atoms with van der Waals surface area (Å²) in [6.45, 7) is 1.56. The van der Waals surface area contributed by atoms with Gasteiger partial charge in [0.1, 0.15) is 17.3 Å². The largest absolute Gasteiger partial charge is 0.367 e. The number of anilines is 1. The van der Waals surface area contributed by atoms with Gasteiger partial charge in [0.05, 0.1) is 11.1 Å². The Morgan fingerprint density at radius 1 is 1.00 bits per heavy atom. The van der Waals surface area contributed by atoms with Crippen LogP contribution in [0.5, 0.6) is 0 Å². The third kappa shape index (κ3) is 2.16. The second-order valence-electron chi connectivity index (χ2n) is 4.69. The third-order valence-electron chi connectivity index (χ3n) is 3.30. The highest BCUT2D eigenvalue weighted by molar-refractivity contribution is 5.87. The van der Waals surface area contributed by atoms with Gasteiger partial charge in [-0.25, -0.2) is 8.78 Å². The average Bonchev–Trinajstić information content (AvgIpc) is 2.86. The molecule has 0 bridgehead atoms. The van der Waals surface area contributed by atoms with Crippen molar-refractivity contribution in [3.63, 3.8) is 0 Å². The van der Waals surface area contributed by atoms with E-state index in [4.69, 9.17) is 10.3 Å². The highest BCUT2D eigenvalue weighted by Crippen LogP contribution is 2.38. The van der Waals surface area contributed by atoms with Crippen molar-refractivity contribution in [3.05, 3.63) is 59.7 Å². The molecule has 106 valence electrons. The van der Waals surface area contributed by atoms with Gasteiger partial charge in [0.25, 0.3) is 0 Å². The SMILES string of the molecule is Cc1ccc(F)c(-c2noc(N)c2-c2ccccc2)c1F. The summed E-state index contributed by atoms with van der Waals surface area (Å²) in [5.41, 5.74) is 7.01. The monoisotopic (exact) mass is 286 g/mol. The lowest BCUT2D eigenvalue weighted by atomic mass is 9.99. The molecule has 0 amide bonds. The smallest absolute Gasteiger partial charge is 0.230 e. The Morgan fingerprint density at radius 3 is 2.43 bits per heavy atom. The van der Waals surface area contributed by atoms with E-state index in [1.807, 2.05) is 6.07 Å². The molecule has 0 fully saturated rings. The normalized spacial score (nSPS) is 10.8. The first kappa shape index (κ1) is 13.3. The number of nitrogen functional groups attached to an aromatic ring is 1. The van der Waals surface area contributed by atoms with Gasteiger partial charge in [0.15, 0.2) is 0 Å². The molecule has 0 spiro atoms. The van der Waals surface area contributed by atoms with Crippen molar-refractivity contribution in [1.29, 1.82) is 0 Å². The van der Waals surface area contributed by atoms with E-state index in [-0.39, 0.29) is 17.1 Å². The van der Waals surface area contributed by atoms with Gasteiger partial charge in [-0.05, 0) is 24.1 Å². The van der Waals surface area contributed by atoms with Crippen LogP contribution in [0.1, 0.15) is 5.56 Å². The Labute approximate surface area is 120 Å². The molecular weight excluding hydrogens is 274 g/mol. The van der Waals surface area contributed by atoms with Crippen LogP contribution in [0.3, 0.4) is 0 Å². The van der Waals surface area contributed by atoms with Crippen molar-refractivity contribution in [2.45, 2.75) is 6.92 Å². The van der Waals surface area contributed by atoms with Crippen molar-refractivity contribution in [2.24, 2.45) is 0 Å². The predicted molar refractivity (Wildman–Crippen MR) is 76.4 cm³/mol. The standard InChI is InChI=1S/C16H12F2N2O/c1-9-7-8-11(17)13(14(9)18)15-12(16(19)21-20-15)10-5-3-2-4-6-10/h2-8H,19H2,1H3.